The third-order valence-corrected chi connectivity index (χ3v) is 8.28. The minimum absolute atomic E-state index is 0.0432. The van der Waals surface area contributed by atoms with E-state index in [9.17, 15) is 14.7 Å². The van der Waals surface area contributed by atoms with Crippen LogP contribution in [0.4, 0.5) is 5.69 Å². The number of aromatic carboxylic acids is 1. The fraction of sp³-hybridized carbons (Fsp3) is 0.345. The van der Waals surface area contributed by atoms with Gasteiger partial charge in [-0.3, -0.25) is 4.79 Å². The van der Waals surface area contributed by atoms with Crippen molar-refractivity contribution in [3.63, 3.8) is 0 Å². The molecule has 1 fully saturated rings. The average molecular weight is 502 g/mol. The van der Waals surface area contributed by atoms with Gasteiger partial charge < -0.3 is 14.4 Å². The number of aromatic nitrogens is 2. The van der Waals surface area contributed by atoms with Crippen LogP contribution in [0.15, 0.2) is 60.9 Å². The number of hydrogen-bond acceptors (Lipinski definition) is 4. The number of hydrogen-bond donors (Lipinski definition) is 1. The van der Waals surface area contributed by atoms with Crippen molar-refractivity contribution in [2.45, 2.75) is 52.5 Å². The summed E-state index contributed by atoms with van der Waals surface area (Å²) in [6.45, 7) is 6.14. The summed E-state index contributed by atoms with van der Waals surface area (Å²) in [5, 5.41) is 10.0. The van der Waals surface area contributed by atoms with Gasteiger partial charge in [0, 0.05) is 34.8 Å². The maximum atomic E-state index is 13.6. The minimum Gasteiger partial charge on any atom is -0.477 e. The molecule has 6 nitrogen and oxygen atoms in total. The van der Waals surface area contributed by atoms with E-state index in [0.29, 0.717) is 11.6 Å². The fourth-order valence-electron chi connectivity index (χ4n) is 5.09. The van der Waals surface area contributed by atoms with E-state index in [2.05, 4.69) is 11.9 Å². The second-order valence-corrected chi connectivity index (χ2v) is 11.1. The van der Waals surface area contributed by atoms with Crippen LogP contribution < -0.4 is 4.90 Å². The molecule has 1 amide bonds. The molecule has 1 saturated carbocycles. The number of carboxylic acids is 1. The lowest BCUT2D eigenvalue weighted by molar-refractivity contribution is -0.123. The zero-order chi connectivity index (χ0) is 25.4. The summed E-state index contributed by atoms with van der Waals surface area (Å²) in [6.07, 6.45) is 7.79. The van der Waals surface area contributed by atoms with E-state index in [4.69, 9.17) is 0 Å². The van der Waals surface area contributed by atoms with Crippen LogP contribution in [0.25, 0.3) is 27.3 Å². The first-order valence-corrected chi connectivity index (χ1v) is 13.4. The molecule has 0 radical (unpaired) electrons. The van der Waals surface area contributed by atoms with Crippen LogP contribution in [0, 0.1) is 11.8 Å². The smallest absolute Gasteiger partial charge is 0.348 e. The lowest BCUT2D eigenvalue weighted by Crippen LogP contribution is -2.42. The summed E-state index contributed by atoms with van der Waals surface area (Å²) < 4.78 is 1.98. The number of pyridine rings is 1. The van der Waals surface area contributed by atoms with Crippen molar-refractivity contribution in [2.24, 2.45) is 11.8 Å². The number of carbonyl (C=O) groups is 2. The van der Waals surface area contributed by atoms with Crippen LogP contribution in [0.1, 0.15) is 56.1 Å². The van der Waals surface area contributed by atoms with Gasteiger partial charge in [0.15, 0.2) is 0 Å². The summed E-state index contributed by atoms with van der Waals surface area (Å²) in [6, 6.07) is 15.6. The van der Waals surface area contributed by atoms with Gasteiger partial charge in [0.25, 0.3) is 0 Å². The first-order chi connectivity index (χ1) is 17.3. The highest BCUT2D eigenvalue weighted by atomic mass is 32.1. The Morgan fingerprint density at radius 3 is 2.39 bits per heavy atom. The molecule has 0 atom stereocenters. The zero-order valence-corrected chi connectivity index (χ0v) is 21.7. The van der Waals surface area contributed by atoms with Crippen LogP contribution >= 0.6 is 11.3 Å². The Labute approximate surface area is 215 Å². The van der Waals surface area contributed by atoms with Gasteiger partial charge in [-0.15, -0.1) is 11.3 Å². The van der Waals surface area contributed by atoms with E-state index < -0.39 is 5.97 Å². The van der Waals surface area contributed by atoms with Crippen molar-refractivity contribution >= 4 is 34.5 Å². The highest BCUT2D eigenvalue weighted by Gasteiger charge is 2.33. The topological polar surface area (TPSA) is 74.9 Å². The Morgan fingerprint density at radius 2 is 1.75 bits per heavy atom. The number of thiophene rings is 1. The van der Waals surface area contributed by atoms with E-state index in [1.807, 2.05) is 79.2 Å². The van der Waals surface area contributed by atoms with Crippen molar-refractivity contribution in [2.75, 3.05) is 4.90 Å². The first-order valence-electron chi connectivity index (χ1n) is 12.6. The number of carbonyl (C=O) groups excluding carboxylic acids is 1. The monoisotopic (exact) mass is 501 g/mol. The molecule has 36 heavy (non-hydrogen) atoms. The normalized spacial score (nSPS) is 18.0. The second-order valence-electron chi connectivity index (χ2n) is 10.1. The molecule has 7 heteroatoms. The van der Waals surface area contributed by atoms with E-state index in [0.717, 1.165) is 53.0 Å². The number of benzene rings is 1. The number of anilines is 1. The molecule has 1 aliphatic rings. The highest BCUT2D eigenvalue weighted by molar-refractivity contribution is 7.18. The lowest BCUT2D eigenvalue weighted by atomic mass is 9.82. The molecule has 0 unspecified atom stereocenters. The fourth-order valence-corrected chi connectivity index (χ4v) is 6.08. The molecule has 3 aromatic heterocycles. The molecule has 1 aromatic carbocycles. The zero-order valence-electron chi connectivity index (χ0n) is 20.8. The lowest BCUT2D eigenvalue weighted by Gasteiger charge is -2.33. The SMILES string of the molecule is CC(C)N(c1cc(-c2ccc(-c3cn4ccccc4n3)cc2)sc1C(=O)O)C(=O)[C@H]1CC[C@H](C)CC1. The van der Waals surface area contributed by atoms with Gasteiger partial charge in [-0.2, -0.15) is 0 Å². The summed E-state index contributed by atoms with van der Waals surface area (Å²) in [5.41, 5.74) is 4.18. The first kappa shape index (κ1) is 24.3. The number of fused-ring (bicyclic) bond motifs is 1. The van der Waals surface area contributed by atoms with Crippen molar-refractivity contribution in [3.05, 3.63) is 65.8 Å². The Morgan fingerprint density at radius 1 is 1.06 bits per heavy atom. The van der Waals surface area contributed by atoms with Gasteiger partial charge in [-0.1, -0.05) is 37.3 Å². The molecular weight excluding hydrogens is 470 g/mol. The number of imidazole rings is 1. The van der Waals surface area contributed by atoms with Crippen LogP contribution in [-0.4, -0.2) is 32.4 Å². The predicted octanol–water partition coefficient (Wildman–Crippen LogP) is 7.00. The van der Waals surface area contributed by atoms with Crippen LogP contribution in [0.5, 0.6) is 0 Å². The quantitative estimate of drug-likeness (QED) is 0.309. The summed E-state index contributed by atoms with van der Waals surface area (Å²) in [5.74, 6) is -0.352. The summed E-state index contributed by atoms with van der Waals surface area (Å²) in [7, 11) is 0. The number of amides is 1. The third-order valence-electron chi connectivity index (χ3n) is 7.11. The number of rotatable bonds is 6. The largest absolute Gasteiger partial charge is 0.477 e. The molecule has 0 aliphatic heterocycles. The highest BCUT2D eigenvalue weighted by Crippen LogP contribution is 2.40. The molecule has 3 heterocycles. The van der Waals surface area contributed by atoms with E-state index in [-0.39, 0.29) is 22.7 Å². The molecule has 1 N–H and O–H groups in total. The standard InChI is InChI=1S/C29H31N3O3S/c1-18(2)32(28(33)22-9-7-19(3)8-10-22)24-16-25(36-27(24)29(34)35)21-13-11-20(12-14-21)23-17-31-15-5-4-6-26(31)30-23/h4-6,11-19,22H,7-10H2,1-3H3,(H,34,35)/t19-,22-. The molecule has 5 rings (SSSR count). The maximum absolute atomic E-state index is 13.6. The van der Waals surface area contributed by atoms with Crippen molar-refractivity contribution in [1.29, 1.82) is 0 Å². The molecule has 0 bridgehead atoms. The summed E-state index contributed by atoms with van der Waals surface area (Å²) >= 11 is 1.22. The molecule has 0 spiro atoms. The Hall–Kier alpha value is -3.45. The van der Waals surface area contributed by atoms with Crippen LogP contribution in [0.2, 0.25) is 0 Å². The molecule has 0 saturated heterocycles. The van der Waals surface area contributed by atoms with Gasteiger partial charge in [-0.05, 0) is 69.2 Å². The number of carboxylic acid groups (broad SMARTS) is 1. The Balaban J connectivity index is 1.46. The Kier molecular flexibility index (Phi) is 6.67. The number of nitrogens with zero attached hydrogens (tertiary/aromatic N) is 3. The van der Waals surface area contributed by atoms with Crippen molar-refractivity contribution < 1.29 is 14.7 Å². The van der Waals surface area contributed by atoms with Gasteiger partial charge in [-0.25, -0.2) is 9.78 Å². The second kappa shape index (κ2) is 9.90. The molecule has 186 valence electrons. The molecular formula is C29H31N3O3S. The van der Waals surface area contributed by atoms with Crippen LogP contribution in [-0.2, 0) is 4.79 Å². The van der Waals surface area contributed by atoms with E-state index in [1.165, 1.54) is 11.3 Å². The average Bonchev–Trinajstić information content (AvgIpc) is 3.49. The van der Waals surface area contributed by atoms with Crippen molar-refractivity contribution in [1.82, 2.24) is 9.38 Å². The van der Waals surface area contributed by atoms with Crippen LogP contribution in [0.3, 0.4) is 0 Å². The minimum atomic E-state index is -1.00. The molecule has 1 aliphatic carbocycles. The van der Waals surface area contributed by atoms with Gasteiger partial charge in [0.05, 0.1) is 11.4 Å². The van der Waals surface area contributed by atoms with E-state index >= 15 is 0 Å². The summed E-state index contributed by atoms with van der Waals surface area (Å²) in [4.78, 5) is 33.2. The Bertz CT molecular complexity index is 1360. The van der Waals surface area contributed by atoms with Gasteiger partial charge in [0.1, 0.15) is 10.5 Å². The predicted molar refractivity (Wildman–Crippen MR) is 145 cm³/mol. The van der Waals surface area contributed by atoms with Crippen molar-refractivity contribution in [3.8, 4) is 21.7 Å². The molecule has 4 aromatic rings. The third kappa shape index (κ3) is 4.67. The van der Waals surface area contributed by atoms with Gasteiger partial charge >= 0.3 is 5.97 Å². The van der Waals surface area contributed by atoms with Gasteiger partial charge in [0.2, 0.25) is 5.91 Å². The van der Waals surface area contributed by atoms with E-state index in [1.54, 1.807) is 4.90 Å². The maximum Gasteiger partial charge on any atom is 0.348 e.